The van der Waals surface area contributed by atoms with Crippen molar-refractivity contribution in [3.05, 3.63) is 100 Å². The van der Waals surface area contributed by atoms with Gasteiger partial charge in [-0.1, -0.05) is 80.2 Å². The van der Waals surface area contributed by atoms with Gasteiger partial charge in [0.05, 0.1) is 22.3 Å². The smallest absolute Gasteiger partial charge is 0.267 e. The second kappa shape index (κ2) is 10.4. The van der Waals surface area contributed by atoms with Crippen molar-refractivity contribution in [3.8, 4) is 5.69 Å². The fourth-order valence-electron chi connectivity index (χ4n) is 4.17. The van der Waals surface area contributed by atoms with Crippen molar-refractivity contribution in [1.29, 1.82) is 0 Å². The predicted octanol–water partition coefficient (Wildman–Crippen LogP) is 4.96. The summed E-state index contributed by atoms with van der Waals surface area (Å²) < 4.78 is 3.45. The van der Waals surface area contributed by atoms with Gasteiger partial charge in [0.25, 0.3) is 5.56 Å². The van der Waals surface area contributed by atoms with Gasteiger partial charge in [-0.2, -0.15) is 0 Å². The zero-order chi connectivity index (χ0) is 25.1. The van der Waals surface area contributed by atoms with Crippen molar-refractivity contribution in [1.82, 2.24) is 24.5 Å². The number of aromatic nitrogens is 4. The van der Waals surface area contributed by atoms with Gasteiger partial charge in [-0.3, -0.25) is 14.0 Å². The number of thioether (sulfide) groups is 1. The quantitative estimate of drug-likeness (QED) is 0.307. The average molecular weight is 498 g/mol. The summed E-state index contributed by atoms with van der Waals surface area (Å²) in [6, 6.07) is 25.2. The molecule has 0 aliphatic heterocycles. The van der Waals surface area contributed by atoms with Gasteiger partial charge in [0.2, 0.25) is 11.7 Å². The standard InChI is InChI=1S/C28H27N5O2S/c1-3-19(2)21-13-15-22(16-14-21)32-26(35)23-11-7-8-12-24(23)33-27(32)30-31-28(33)36-18-25(34)29-17-20-9-5-4-6-10-20/h4-16,19H,3,17-18H2,1-2H3,(H,29,34)/t19-/m1/s1. The summed E-state index contributed by atoms with van der Waals surface area (Å²) in [5.74, 6) is 0.947. The molecule has 1 N–H and O–H groups in total. The molecule has 5 aromatic rings. The summed E-state index contributed by atoms with van der Waals surface area (Å²) in [5, 5.41) is 12.8. The van der Waals surface area contributed by atoms with E-state index in [0.717, 1.165) is 17.7 Å². The molecule has 8 heteroatoms. The van der Waals surface area contributed by atoms with Crippen molar-refractivity contribution in [2.75, 3.05) is 5.75 Å². The van der Waals surface area contributed by atoms with Crippen LogP contribution in [0.15, 0.2) is 88.8 Å². The Morgan fingerprint density at radius 1 is 0.972 bits per heavy atom. The number of amides is 1. The van der Waals surface area contributed by atoms with Gasteiger partial charge in [-0.15, -0.1) is 10.2 Å². The molecular weight excluding hydrogens is 470 g/mol. The third kappa shape index (κ3) is 4.64. The SMILES string of the molecule is CC[C@@H](C)c1ccc(-n2c(=O)c3ccccc3n3c(SCC(=O)NCc4ccccc4)nnc23)cc1. The maximum atomic E-state index is 13.5. The number of hydrogen-bond donors (Lipinski definition) is 1. The number of hydrogen-bond acceptors (Lipinski definition) is 5. The highest BCUT2D eigenvalue weighted by atomic mass is 32.2. The number of benzene rings is 3. The van der Waals surface area contributed by atoms with Gasteiger partial charge >= 0.3 is 0 Å². The molecule has 36 heavy (non-hydrogen) atoms. The van der Waals surface area contributed by atoms with Crippen LogP contribution in [-0.2, 0) is 11.3 Å². The minimum absolute atomic E-state index is 0.0983. The maximum absolute atomic E-state index is 13.5. The van der Waals surface area contributed by atoms with Crippen molar-refractivity contribution in [2.24, 2.45) is 0 Å². The normalized spacial score (nSPS) is 12.2. The van der Waals surface area contributed by atoms with Crippen molar-refractivity contribution in [3.63, 3.8) is 0 Å². The minimum atomic E-state index is -0.154. The largest absolute Gasteiger partial charge is 0.351 e. The van der Waals surface area contributed by atoms with E-state index in [9.17, 15) is 9.59 Å². The molecule has 0 saturated heterocycles. The van der Waals surface area contributed by atoms with Gasteiger partial charge < -0.3 is 5.32 Å². The van der Waals surface area contributed by atoms with Crippen LogP contribution in [0.3, 0.4) is 0 Å². The number of carbonyl (C=O) groups is 1. The van der Waals surface area contributed by atoms with Crippen LogP contribution in [-0.4, -0.2) is 30.8 Å². The number of rotatable bonds is 8. The monoisotopic (exact) mass is 497 g/mol. The van der Waals surface area contributed by atoms with Crippen LogP contribution < -0.4 is 10.9 Å². The second-order valence-corrected chi connectivity index (χ2v) is 9.67. The Bertz CT molecular complexity index is 1580. The predicted molar refractivity (Wildman–Crippen MR) is 144 cm³/mol. The summed E-state index contributed by atoms with van der Waals surface area (Å²) in [5.41, 5.74) is 3.55. The fourth-order valence-corrected chi connectivity index (χ4v) is 4.94. The lowest BCUT2D eigenvalue weighted by molar-refractivity contribution is -0.118. The first-order valence-corrected chi connectivity index (χ1v) is 13.0. The molecule has 0 fully saturated rings. The van der Waals surface area contributed by atoms with Gasteiger partial charge in [0.1, 0.15) is 0 Å². The lowest BCUT2D eigenvalue weighted by atomic mass is 9.98. The van der Waals surface area contributed by atoms with Crippen LogP contribution >= 0.6 is 11.8 Å². The molecule has 2 heterocycles. The topological polar surface area (TPSA) is 81.3 Å². The minimum Gasteiger partial charge on any atom is -0.351 e. The molecule has 182 valence electrons. The van der Waals surface area contributed by atoms with E-state index in [2.05, 4.69) is 41.5 Å². The number of para-hydroxylation sites is 1. The van der Waals surface area contributed by atoms with Crippen LogP contribution in [0.5, 0.6) is 0 Å². The highest BCUT2D eigenvalue weighted by Crippen LogP contribution is 2.24. The molecule has 0 saturated carbocycles. The van der Waals surface area contributed by atoms with E-state index in [1.54, 1.807) is 4.57 Å². The van der Waals surface area contributed by atoms with Gasteiger partial charge in [-0.05, 0) is 47.7 Å². The molecule has 5 rings (SSSR count). The second-order valence-electron chi connectivity index (χ2n) is 8.73. The van der Waals surface area contributed by atoms with E-state index in [-0.39, 0.29) is 17.2 Å². The molecule has 0 radical (unpaired) electrons. The Morgan fingerprint density at radius 3 is 2.44 bits per heavy atom. The molecule has 0 aliphatic carbocycles. The highest BCUT2D eigenvalue weighted by Gasteiger charge is 2.19. The van der Waals surface area contributed by atoms with Gasteiger partial charge in [0.15, 0.2) is 5.16 Å². The fraction of sp³-hybridized carbons (Fsp3) is 0.214. The van der Waals surface area contributed by atoms with E-state index in [1.807, 2.05) is 71.1 Å². The first kappa shape index (κ1) is 23.8. The third-order valence-corrected chi connectivity index (χ3v) is 7.32. The summed E-state index contributed by atoms with van der Waals surface area (Å²) >= 11 is 1.30. The number of nitrogens with zero attached hydrogens (tertiary/aromatic N) is 4. The lowest BCUT2D eigenvalue weighted by Crippen LogP contribution is -2.24. The van der Waals surface area contributed by atoms with E-state index in [1.165, 1.54) is 17.3 Å². The maximum Gasteiger partial charge on any atom is 0.267 e. The molecule has 0 aliphatic rings. The number of carbonyl (C=O) groups excluding carboxylic acids is 1. The van der Waals surface area contributed by atoms with Gasteiger partial charge in [0, 0.05) is 6.54 Å². The van der Waals surface area contributed by atoms with Crippen LogP contribution in [0.2, 0.25) is 0 Å². The lowest BCUT2D eigenvalue weighted by Gasteiger charge is -2.13. The Kier molecular flexibility index (Phi) is 6.86. The molecule has 7 nitrogen and oxygen atoms in total. The van der Waals surface area contributed by atoms with E-state index >= 15 is 0 Å². The van der Waals surface area contributed by atoms with Crippen molar-refractivity contribution in [2.45, 2.75) is 37.9 Å². The summed E-state index contributed by atoms with van der Waals surface area (Å²) in [4.78, 5) is 26.0. The Balaban J connectivity index is 1.49. The van der Waals surface area contributed by atoms with E-state index in [4.69, 9.17) is 0 Å². The zero-order valence-electron chi connectivity index (χ0n) is 20.2. The molecular formula is C28H27N5O2S. The van der Waals surface area contributed by atoms with Crippen LogP contribution in [0.25, 0.3) is 22.4 Å². The first-order chi connectivity index (χ1) is 17.6. The van der Waals surface area contributed by atoms with Gasteiger partial charge in [-0.25, -0.2) is 4.57 Å². The molecule has 2 aromatic heterocycles. The molecule has 0 spiro atoms. The summed E-state index contributed by atoms with van der Waals surface area (Å²) in [6.45, 7) is 4.82. The number of fused-ring (bicyclic) bond motifs is 3. The van der Waals surface area contributed by atoms with Crippen LogP contribution in [0.4, 0.5) is 0 Å². The molecule has 3 aromatic carbocycles. The summed E-state index contributed by atoms with van der Waals surface area (Å²) in [6.07, 6.45) is 1.04. The zero-order valence-corrected chi connectivity index (χ0v) is 21.0. The van der Waals surface area contributed by atoms with Crippen molar-refractivity contribution < 1.29 is 4.79 Å². The highest BCUT2D eigenvalue weighted by molar-refractivity contribution is 7.99. The van der Waals surface area contributed by atoms with Crippen LogP contribution in [0.1, 0.15) is 37.3 Å². The van der Waals surface area contributed by atoms with E-state index in [0.29, 0.717) is 34.3 Å². The summed E-state index contributed by atoms with van der Waals surface area (Å²) in [7, 11) is 0. The number of nitrogens with one attached hydrogen (secondary N) is 1. The van der Waals surface area contributed by atoms with Crippen LogP contribution in [0, 0.1) is 0 Å². The van der Waals surface area contributed by atoms with E-state index < -0.39 is 0 Å². The Labute approximate surface area is 213 Å². The molecule has 0 unspecified atom stereocenters. The molecule has 0 bridgehead atoms. The van der Waals surface area contributed by atoms with Crippen molar-refractivity contribution >= 4 is 34.3 Å². The Hall–Kier alpha value is -3.91. The Morgan fingerprint density at radius 2 is 1.69 bits per heavy atom. The average Bonchev–Trinajstić information content (AvgIpc) is 3.35. The first-order valence-electron chi connectivity index (χ1n) is 12.0. The molecule has 1 amide bonds. The molecule has 1 atom stereocenters. The third-order valence-electron chi connectivity index (χ3n) is 6.39.